The Morgan fingerprint density at radius 3 is 2.71 bits per heavy atom. The highest BCUT2D eigenvalue weighted by Crippen LogP contribution is 2.18. The lowest BCUT2D eigenvalue weighted by molar-refractivity contribution is 0.548. The van der Waals surface area contributed by atoms with Crippen LogP contribution in [0.3, 0.4) is 0 Å². The average molecular weight is 320 g/mol. The highest BCUT2D eigenvalue weighted by molar-refractivity contribution is 9.10. The Kier molecular flexibility index (Phi) is 5.62. The molecule has 1 aromatic carbocycles. The first-order valence-electron chi connectivity index (χ1n) is 5.61. The zero-order valence-corrected chi connectivity index (χ0v) is 12.5. The molecule has 1 atom stereocenters. The third-order valence-electron chi connectivity index (χ3n) is 2.70. The molecule has 3 nitrogen and oxygen atoms in total. The summed E-state index contributed by atoms with van der Waals surface area (Å²) in [4.78, 5) is 0.393. The van der Waals surface area contributed by atoms with Crippen LogP contribution in [-0.4, -0.2) is 27.3 Å². The lowest BCUT2D eigenvalue weighted by Gasteiger charge is -2.10. The molecule has 17 heavy (non-hydrogen) atoms. The summed E-state index contributed by atoms with van der Waals surface area (Å²) in [5.74, 6) is 0.204. The first kappa shape index (κ1) is 14.7. The van der Waals surface area contributed by atoms with Crippen LogP contribution >= 0.6 is 15.9 Å². The fraction of sp³-hybridized carbons (Fsp3) is 0.500. The normalized spacial score (nSPS) is 13.6. The summed E-state index contributed by atoms with van der Waals surface area (Å²) in [6.45, 7) is 2.05. The van der Waals surface area contributed by atoms with Crippen molar-refractivity contribution in [2.45, 2.75) is 30.7 Å². The second kappa shape index (κ2) is 6.52. The largest absolute Gasteiger partial charge is 0.317 e. The summed E-state index contributed by atoms with van der Waals surface area (Å²) >= 11 is 3.28. The van der Waals surface area contributed by atoms with Crippen molar-refractivity contribution >= 4 is 25.8 Å². The van der Waals surface area contributed by atoms with Gasteiger partial charge in [-0.25, -0.2) is 8.42 Å². The van der Waals surface area contributed by atoms with Crippen molar-refractivity contribution < 1.29 is 8.42 Å². The van der Waals surface area contributed by atoms with Gasteiger partial charge in [0.2, 0.25) is 0 Å². The number of hydrogen-bond donors (Lipinski definition) is 1. The van der Waals surface area contributed by atoms with E-state index in [1.807, 2.05) is 20.0 Å². The van der Waals surface area contributed by atoms with Crippen LogP contribution in [0.2, 0.25) is 0 Å². The summed E-state index contributed by atoms with van der Waals surface area (Å²) in [5, 5.41) is 3.10. The van der Waals surface area contributed by atoms with E-state index in [9.17, 15) is 8.42 Å². The number of rotatable bonds is 6. The Morgan fingerprint density at radius 2 is 2.12 bits per heavy atom. The summed E-state index contributed by atoms with van der Waals surface area (Å²) in [6.07, 6.45) is 1.54. The van der Waals surface area contributed by atoms with E-state index < -0.39 is 9.84 Å². The first-order chi connectivity index (χ1) is 7.95. The lowest BCUT2D eigenvalue weighted by atomic mass is 10.2. The van der Waals surface area contributed by atoms with Crippen LogP contribution in [-0.2, 0) is 9.84 Å². The van der Waals surface area contributed by atoms with Crippen LogP contribution in [0.25, 0.3) is 0 Å². The Hall–Kier alpha value is -0.390. The molecule has 1 unspecified atom stereocenters. The monoisotopic (exact) mass is 319 g/mol. The molecule has 0 aliphatic heterocycles. The smallest absolute Gasteiger partial charge is 0.178 e. The van der Waals surface area contributed by atoms with Gasteiger partial charge in [-0.3, -0.25) is 0 Å². The average Bonchev–Trinajstić information content (AvgIpc) is 2.28. The van der Waals surface area contributed by atoms with Gasteiger partial charge >= 0.3 is 0 Å². The second-order valence-electron chi connectivity index (χ2n) is 4.11. The van der Waals surface area contributed by atoms with Gasteiger partial charge in [-0.05, 0) is 45.0 Å². The minimum absolute atomic E-state index is 0.204. The van der Waals surface area contributed by atoms with Gasteiger partial charge in [0.05, 0.1) is 10.6 Å². The SMILES string of the molecule is CNC(C)CCCS(=O)(=O)c1cccc(Br)c1. The van der Waals surface area contributed by atoms with E-state index >= 15 is 0 Å². The van der Waals surface area contributed by atoms with Gasteiger partial charge in [0.15, 0.2) is 9.84 Å². The van der Waals surface area contributed by atoms with Crippen molar-refractivity contribution in [1.29, 1.82) is 0 Å². The highest BCUT2D eigenvalue weighted by atomic mass is 79.9. The highest BCUT2D eigenvalue weighted by Gasteiger charge is 2.14. The van der Waals surface area contributed by atoms with Gasteiger partial charge in [0, 0.05) is 10.5 Å². The Balaban J connectivity index is 2.63. The van der Waals surface area contributed by atoms with E-state index in [4.69, 9.17) is 0 Å². The third-order valence-corrected chi connectivity index (χ3v) is 4.99. The minimum atomic E-state index is -3.14. The van der Waals surface area contributed by atoms with Gasteiger partial charge < -0.3 is 5.32 Å². The molecule has 96 valence electrons. The third kappa shape index (κ3) is 4.77. The molecule has 0 amide bonds. The molecule has 0 saturated carbocycles. The molecule has 0 heterocycles. The fourth-order valence-electron chi connectivity index (χ4n) is 1.50. The van der Waals surface area contributed by atoms with Crippen LogP contribution in [0.4, 0.5) is 0 Å². The number of nitrogens with one attached hydrogen (secondary N) is 1. The summed E-state index contributed by atoms with van der Waals surface area (Å²) in [5.41, 5.74) is 0. The molecule has 0 aliphatic rings. The van der Waals surface area contributed by atoms with Crippen molar-refractivity contribution in [2.24, 2.45) is 0 Å². The Morgan fingerprint density at radius 1 is 1.41 bits per heavy atom. The summed E-state index contributed by atoms with van der Waals surface area (Å²) in [7, 11) is -1.26. The molecule has 1 N–H and O–H groups in total. The quantitative estimate of drug-likeness (QED) is 0.876. The minimum Gasteiger partial charge on any atom is -0.317 e. The second-order valence-corrected chi connectivity index (χ2v) is 7.13. The van der Waals surface area contributed by atoms with E-state index in [1.165, 1.54) is 0 Å². The van der Waals surface area contributed by atoms with Gasteiger partial charge in [-0.2, -0.15) is 0 Å². The predicted molar refractivity (Wildman–Crippen MR) is 74.0 cm³/mol. The molecule has 0 aromatic heterocycles. The van der Waals surface area contributed by atoms with Gasteiger partial charge in [0.25, 0.3) is 0 Å². The topological polar surface area (TPSA) is 46.2 Å². The van der Waals surface area contributed by atoms with E-state index in [0.29, 0.717) is 17.4 Å². The Bertz CT molecular complexity index is 459. The molecule has 0 bridgehead atoms. The van der Waals surface area contributed by atoms with Crippen LogP contribution in [0, 0.1) is 0 Å². The lowest BCUT2D eigenvalue weighted by Crippen LogP contribution is -2.22. The first-order valence-corrected chi connectivity index (χ1v) is 8.06. The van der Waals surface area contributed by atoms with Gasteiger partial charge in [0.1, 0.15) is 0 Å². The summed E-state index contributed by atoms with van der Waals surface area (Å²) in [6, 6.07) is 7.21. The van der Waals surface area contributed by atoms with Crippen molar-refractivity contribution in [3.63, 3.8) is 0 Å². The van der Waals surface area contributed by atoms with Crippen LogP contribution < -0.4 is 5.32 Å². The molecule has 0 spiro atoms. The number of hydrogen-bond acceptors (Lipinski definition) is 3. The number of benzene rings is 1. The maximum absolute atomic E-state index is 12.0. The van der Waals surface area contributed by atoms with Gasteiger partial charge in [-0.1, -0.05) is 22.0 Å². The van der Waals surface area contributed by atoms with E-state index in [1.54, 1.807) is 18.2 Å². The number of halogens is 1. The Labute approximate surface area is 112 Å². The molecule has 0 saturated heterocycles. The molecule has 1 rings (SSSR count). The van der Waals surface area contributed by atoms with Crippen LogP contribution in [0.1, 0.15) is 19.8 Å². The van der Waals surface area contributed by atoms with E-state index in [-0.39, 0.29) is 5.75 Å². The maximum Gasteiger partial charge on any atom is 0.178 e. The zero-order chi connectivity index (χ0) is 12.9. The molecular weight excluding hydrogens is 302 g/mol. The molecule has 5 heteroatoms. The standard InChI is InChI=1S/C12H18BrNO2S/c1-10(14-2)5-4-8-17(15,16)12-7-3-6-11(13)9-12/h3,6-7,9-10,14H,4-5,8H2,1-2H3. The predicted octanol–water partition coefficient (Wildman–Crippen LogP) is 2.61. The van der Waals surface area contributed by atoms with Crippen LogP contribution in [0.15, 0.2) is 33.6 Å². The molecule has 0 radical (unpaired) electrons. The van der Waals surface area contributed by atoms with E-state index in [0.717, 1.165) is 10.9 Å². The maximum atomic E-state index is 12.0. The zero-order valence-electron chi connectivity index (χ0n) is 10.1. The van der Waals surface area contributed by atoms with E-state index in [2.05, 4.69) is 21.2 Å². The van der Waals surface area contributed by atoms with Crippen molar-refractivity contribution in [3.05, 3.63) is 28.7 Å². The number of sulfone groups is 1. The van der Waals surface area contributed by atoms with Crippen molar-refractivity contribution in [3.8, 4) is 0 Å². The van der Waals surface area contributed by atoms with Crippen molar-refractivity contribution in [1.82, 2.24) is 5.32 Å². The fourth-order valence-corrected chi connectivity index (χ4v) is 3.43. The molecule has 1 aromatic rings. The molecule has 0 aliphatic carbocycles. The van der Waals surface area contributed by atoms with Gasteiger partial charge in [-0.15, -0.1) is 0 Å². The summed E-state index contributed by atoms with van der Waals surface area (Å²) < 4.78 is 24.8. The van der Waals surface area contributed by atoms with Crippen LogP contribution in [0.5, 0.6) is 0 Å². The molecule has 0 fully saturated rings. The molecular formula is C12H18BrNO2S. The van der Waals surface area contributed by atoms with Crippen molar-refractivity contribution in [2.75, 3.05) is 12.8 Å².